The lowest BCUT2D eigenvalue weighted by molar-refractivity contribution is 0.660. The SMILES string of the molecule is CC1(C)c2ccccc2-c2c(-c3ccc(-c4cc(-c5c6ccccc6cc6c5ccc5ccccc56)nc(-c5ccccc5)n4)cc3)cccc21. The molecule has 0 amide bonds. The van der Waals surface area contributed by atoms with Crippen molar-refractivity contribution in [2.45, 2.75) is 19.3 Å². The minimum atomic E-state index is -0.0366. The largest absolute Gasteiger partial charge is 0.228 e. The summed E-state index contributed by atoms with van der Waals surface area (Å²) in [5, 5.41) is 7.27. The van der Waals surface area contributed by atoms with E-state index in [4.69, 9.17) is 9.97 Å². The summed E-state index contributed by atoms with van der Waals surface area (Å²) in [6, 6.07) is 61.2. The first-order valence-corrected chi connectivity index (χ1v) is 17.7. The Bertz CT molecular complexity index is 2810. The highest BCUT2D eigenvalue weighted by molar-refractivity contribution is 6.19. The molecule has 240 valence electrons. The van der Waals surface area contributed by atoms with Gasteiger partial charge in [0.25, 0.3) is 0 Å². The predicted octanol–water partition coefficient (Wildman–Crippen LogP) is 12.9. The summed E-state index contributed by atoms with van der Waals surface area (Å²) in [6.07, 6.45) is 0. The molecule has 0 aliphatic heterocycles. The summed E-state index contributed by atoms with van der Waals surface area (Å²) in [5.41, 5.74) is 12.9. The Morgan fingerprint density at radius 2 is 1.02 bits per heavy atom. The van der Waals surface area contributed by atoms with Gasteiger partial charge in [0.15, 0.2) is 5.82 Å². The molecular formula is C49H34N2. The fourth-order valence-electron chi connectivity index (χ4n) is 8.35. The minimum absolute atomic E-state index is 0.0366. The third-order valence-corrected chi connectivity index (χ3v) is 10.9. The van der Waals surface area contributed by atoms with Crippen LogP contribution in [0.3, 0.4) is 0 Å². The minimum Gasteiger partial charge on any atom is -0.228 e. The number of hydrogen-bond acceptors (Lipinski definition) is 2. The van der Waals surface area contributed by atoms with Crippen molar-refractivity contribution < 1.29 is 0 Å². The molecule has 1 aliphatic carbocycles. The molecule has 0 spiro atoms. The van der Waals surface area contributed by atoms with E-state index in [1.54, 1.807) is 0 Å². The van der Waals surface area contributed by atoms with Crippen molar-refractivity contribution >= 4 is 32.3 Å². The summed E-state index contributed by atoms with van der Waals surface area (Å²) in [7, 11) is 0. The van der Waals surface area contributed by atoms with Gasteiger partial charge in [-0.25, -0.2) is 9.97 Å². The first-order valence-electron chi connectivity index (χ1n) is 17.7. The zero-order valence-corrected chi connectivity index (χ0v) is 28.6. The van der Waals surface area contributed by atoms with Crippen LogP contribution < -0.4 is 0 Å². The molecule has 0 radical (unpaired) electrons. The molecule has 1 aromatic heterocycles. The van der Waals surface area contributed by atoms with Crippen LogP contribution in [0.2, 0.25) is 0 Å². The molecule has 1 heterocycles. The highest BCUT2D eigenvalue weighted by atomic mass is 14.9. The average molecular weight is 651 g/mol. The fraction of sp³-hybridized carbons (Fsp3) is 0.0612. The lowest BCUT2D eigenvalue weighted by Crippen LogP contribution is -2.14. The molecule has 0 saturated carbocycles. The number of rotatable bonds is 4. The lowest BCUT2D eigenvalue weighted by atomic mass is 9.82. The number of fused-ring (bicyclic) bond motifs is 7. The van der Waals surface area contributed by atoms with Crippen LogP contribution in [0.25, 0.3) is 88.5 Å². The Morgan fingerprint density at radius 3 is 1.86 bits per heavy atom. The first-order chi connectivity index (χ1) is 25.0. The van der Waals surface area contributed by atoms with Crippen LogP contribution in [-0.4, -0.2) is 9.97 Å². The highest BCUT2D eigenvalue weighted by Gasteiger charge is 2.36. The van der Waals surface area contributed by atoms with E-state index in [1.807, 2.05) is 6.07 Å². The molecule has 0 N–H and O–H groups in total. The second kappa shape index (κ2) is 11.3. The summed E-state index contributed by atoms with van der Waals surface area (Å²) >= 11 is 0. The van der Waals surface area contributed by atoms with Gasteiger partial charge in [-0.05, 0) is 77.8 Å². The Labute approximate surface area is 297 Å². The molecule has 0 bridgehead atoms. The molecule has 0 unspecified atom stereocenters. The first kappa shape index (κ1) is 29.5. The van der Waals surface area contributed by atoms with Gasteiger partial charge in [-0.2, -0.15) is 0 Å². The molecule has 0 atom stereocenters. The van der Waals surface area contributed by atoms with Crippen molar-refractivity contribution in [3.05, 3.63) is 181 Å². The molecule has 1 aliphatic rings. The van der Waals surface area contributed by atoms with Crippen LogP contribution in [0, 0.1) is 0 Å². The van der Waals surface area contributed by atoms with Crippen LogP contribution in [0.5, 0.6) is 0 Å². The Balaban J connectivity index is 1.17. The fourth-order valence-corrected chi connectivity index (χ4v) is 8.35. The second-order valence-corrected chi connectivity index (χ2v) is 14.2. The van der Waals surface area contributed by atoms with Gasteiger partial charge in [0, 0.05) is 22.1 Å². The van der Waals surface area contributed by atoms with Gasteiger partial charge in [0.2, 0.25) is 0 Å². The second-order valence-electron chi connectivity index (χ2n) is 14.2. The summed E-state index contributed by atoms with van der Waals surface area (Å²) in [5.74, 6) is 0.716. The molecule has 2 nitrogen and oxygen atoms in total. The van der Waals surface area contributed by atoms with E-state index in [0.717, 1.165) is 28.1 Å². The smallest absolute Gasteiger partial charge is 0.160 e. The van der Waals surface area contributed by atoms with Crippen molar-refractivity contribution in [3.8, 4) is 56.2 Å². The van der Waals surface area contributed by atoms with Crippen LogP contribution in [0.15, 0.2) is 170 Å². The molecule has 2 heteroatoms. The zero-order valence-electron chi connectivity index (χ0n) is 28.6. The van der Waals surface area contributed by atoms with Crippen LogP contribution in [0.4, 0.5) is 0 Å². The molecule has 9 aromatic rings. The normalized spacial score (nSPS) is 13.1. The van der Waals surface area contributed by atoms with Gasteiger partial charge in [-0.15, -0.1) is 0 Å². The van der Waals surface area contributed by atoms with Gasteiger partial charge in [0.1, 0.15) is 0 Å². The van der Waals surface area contributed by atoms with E-state index in [9.17, 15) is 0 Å². The van der Waals surface area contributed by atoms with E-state index in [2.05, 4.69) is 178 Å². The number of hydrogen-bond donors (Lipinski definition) is 0. The third-order valence-electron chi connectivity index (χ3n) is 10.9. The van der Waals surface area contributed by atoms with Crippen LogP contribution >= 0.6 is 0 Å². The third kappa shape index (κ3) is 4.64. The van der Waals surface area contributed by atoms with E-state index in [-0.39, 0.29) is 5.41 Å². The van der Waals surface area contributed by atoms with Crippen molar-refractivity contribution in [1.82, 2.24) is 9.97 Å². The molecule has 0 saturated heterocycles. The Kier molecular flexibility index (Phi) is 6.56. The molecule has 10 rings (SSSR count). The highest BCUT2D eigenvalue weighted by Crippen LogP contribution is 2.52. The van der Waals surface area contributed by atoms with E-state index < -0.39 is 0 Å². The zero-order chi connectivity index (χ0) is 34.1. The van der Waals surface area contributed by atoms with E-state index >= 15 is 0 Å². The molecule has 51 heavy (non-hydrogen) atoms. The summed E-state index contributed by atoms with van der Waals surface area (Å²) in [4.78, 5) is 10.5. The number of nitrogens with zero attached hydrogens (tertiary/aromatic N) is 2. The lowest BCUT2D eigenvalue weighted by Gasteiger charge is -2.21. The maximum Gasteiger partial charge on any atom is 0.160 e. The standard InChI is InChI=1S/C49H34N2/c1-49(2)42-21-11-10-19-40(42)46-37(20-12-22-43(46)49)32-23-25-33(26-24-32)44-30-45(51-48(50-44)34-14-4-3-5-15-34)47-38-18-9-7-16-35(38)29-41-36-17-8-6-13-31(36)27-28-39(41)47/h3-30H,1-2H3. The maximum atomic E-state index is 5.31. The number of aromatic nitrogens is 2. The summed E-state index contributed by atoms with van der Waals surface area (Å²) < 4.78 is 0. The van der Waals surface area contributed by atoms with E-state index in [1.165, 1.54) is 65.7 Å². The van der Waals surface area contributed by atoms with Gasteiger partial charge in [-0.3, -0.25) is 0 Å². The van der Waals surface area contributed by atoms with Crippen LogP contribution in [-0.2, 0) is 5.41 Å². The Morgan fingerprint density at radius 1 is 0.373 bits per heavy atom. The van der Waals surface area contributed by atoms with Crippen molar-refractivity contribution in [1.29, 1.82) is 0 Å². The van der Waals surface area contributed by atoms with Crippen molar-refractivity contribution in [3.63, 3.8) is 0 Å². The predicted molar refractivity (Wildman–Crippen MR) is 214 cm³/mol. The Hall–Kier alpha value is -6.38. The van der Waals surface area contributed by atoms with Gasteiger partial charge in [0.05, 0.1) is 11.4 Å². The quantitative estimate of drug-likeness (QED) is 0.140. The van der Waals surface area contributed by atoms with Crippen molar-refractivity contribution in [2.24, 2.45) is 0 Å². The van der Waals surface area contributed by atoms with Gasteiger partial charge in [-0.1, -0.05) is 172 Å². The maximum absolute atomic E-state index is 5.31. The van der Waals surface area contributed by atoms with E-state index in [0.29, 0.717) is 5.82 Å². The van der Waals surface area contributed by atoms with Crippen LogP contribution in [0.1, 0.15) is 25.0 Å². The summed E-state index contributed by atoms with van der Waals surface area (Å²) in [6.45, 7) is 4.67. The van der Waals surface area contributed by atoms with Gasteiger partial charge >= 0.3 is 0 Å². The molecule has 8 aromatic carbocycles. The molecule has 0 fully saturated rings. The van der Waals surface area contributed by atoms with Crippen molar-refractivity contribution in [2.75, 3.05) is 0 Å². The monoisotopic (exact) mass is 650 g/mol. The molecular weight excluding hydrogens is 617 g/mol. The topological polar surface area (TPSA) is 25.8 Å². The van der Waals surface area contributed by atoms with Gasteiger partial charge < -0.3 is 0 Å². The average Bonchev–Trinajstić information content (AvgIpc) is 3.43. The number of benzene rings is 8.